The van der Waals surface area contributed by atoms with Crippen molar-refractivity contribution in [3.8, 4) is 0 Å². The van der Waals surface area contributed by atoms with Gasteiger partial charge in [-0.25, -0.2) is 0 Å². The Morgan fingerprint density at radius 1 is 1.43 bits per heavy atom. The molecule has 1 amide bonds. The van der Waals surface area contributed by atoms with E-state index in [2.05, 4.69) is 11.4 Å². The SMILES string of the molecule is NCCCc1ccc2c(c1)CNC2=O. The molecule has 1 aliphatic rings. The van der Waals surface area contributed by atoms with Crippen molar-refractivity contribution < 1.29 is 4.79 Å². The Bertz CT molecular complexity index is 360. The van der Waals surface area contributed by atoms with E-state index < -0.39 is 0 Å². The third-order valence-corrected chi connectivity index (χ3v) is 2.52. The van der Waals surface area contributed by atoms with Crippen LogP contribution in [0.2, 0.25) is 0 Å². The first-order chi connectivity index (χ1) is 6.81. The summed E-state index contributed by atoms with van der Waals surface area (Å²) in [6, 6.07) is 6.02. The van der Waals surface area contributed by atoms with Gasteiger partial charge in [-0.2, -0.15) is 0 Å². The van der Waals surface area contributed by atoms with Crippen LogP contribution in [0.3, 0.4) is 0 Å². The molecule has 3 heteroatoms. The van der Waals surface area contributed by atoms with Crippen LogP contribution in [-0.4, -0.2) is 12.5 Å². The molecule has 0 aromatic heterocycles. The van der Waals surface area contributed by atoms with Crippen LogP contribution in [0.25, 0.3) is 0 Å². The largest absolute Gasteiger partial charge is 0.348 e. The van der Waals surface area contributed by atoms with Crippen LogP contribution in [-0.2, 0) is 13.0 Å². The average Bonchev–Trinajstić information content (AvgIpc) is 2.57. The predicted molar refractivity (Wildman–Crippen MR) is 55.0 cm³/mol. The maximum Gasteiger partial charge on any atom is 0.251 e. The molecular formula is C11H14N2O. The summed E-state index contributed by atoms with van der Waals surface area (Å²) in [7, 11) is 0. The van der Waals surface area contributed by atoms with E-state index in [1.807, 2.05) is 12.1 Å². The molecule has 1 heterocycles. The molecule has 0 saturated carbocycles. The van der Waals surface area contributed by atoms with Gasteiger partial charge in [-0.1, -0.05) is 12.1 Å². The Balaban J connectivity index is 2.19. The predicted octanol–water partition coefficient (Wildman–Crippen LogP) is 0.821. The minimum Gasteiger partial charge on any atom is -0.348 e. The first kappa shape index (κ1) is 9.21. The Morgan fingerprint density at radius 2 is 2.29 bits per heavy atom. The van der Waals surface area contributed by atoms with Gasteiger partial charge >= 0.3 is 0 Å². The van der Waals surface area contributed by atoms with E-state index in [0.717, 1.165) is 24.0 Å². The highest BCUT2D eigenvalue weighted by molar-refractivity contribution is 5.98. The third kappa shape index (κ3) is 1.63. The lowest BCUT2D eigenvalue weighted by molar-refractivity contribution is 0.0966. The summed E-state index contributed by atoms with van der Waals surface area (Å²) in [4.78, 5) is 11.3. The molecule has 74 valence electrons. The van der Waals surface area contributed by atoms with Gasteiger partial charge in [0.15, 0.2) is 0 Å². The van der Waals surface area contributed by atoms with E-state index in [-0.39, 0.29) is 5.91 Å². The molecule has 3 N–H and O–H groups in total. The van der Waals surface area contributed by atoms with E-state index >= 15 is 0 Å². The number of benzene rings is 1. The van der Waals surface area contributed by atoms with Crippen molar-refractivity contribution in [1.29, 1.82) is 0 Å². The number of aryl methyl sites for hydroxylation is 1. The van der Waals surface area contributed by atoms with Crippen molar-refractivity contribution >= 4 is 5.91 Å². The number of hydrogen-bond donors (Lipinski definition) is 2. The maximum absolute atomic E-state index is 11.3. The molecule has 0 spiro atoms. The number of nitrogens with one attached hydrogen (secondary N) is 1. The first-order valence-corrected chi connectivity index (χ1v) is 4.91. The molecule has 0 unspecified atom stereocenters. The monoisotopic (exact) mass is 190 g/mol. The number of amides is 1. The third-order valence-electron chi connectivity index (χ3n) is 2.52. The molecule has 14 heavy (non-hydrogen) atoms. The second-order valence-corrected chi connectivity index (χ2v) is 3.57. The van der Waals surface area contributed by atoms with Gasteiger partial charge in [0.05, 0.1) is 0 Å². The summed E-state index contributed by atoms with van der Waals surface area (Å²) in [5.74, 6) is 0.0466. The molecule has 0 atom stereocenters. The van der Waals surface area contributed by atoms with Crippen molar-refractivity contribution in [2.24, 2.45) is 5.73 Å². The lowest BCUT2D eigenvalue weighted by Crippen LogP contribution is -2.12. The number of nitrogens with two attached hydrogens (primary N) is 1. The van der Waals surface area contributed by atoms with Gasteiger partial charge in [-0.05, 0) is 36.6 Å². The van der Waals surface area contributed by atoms with Gasteiger partial charge in [0.1, 0.15) is 0 Å². The number of carbonyl (C=O) groups is 1. The normalized spacial score (nSPS) is 13.9. The standard InChI is InChI=1S/C11H14N2O/c12-5-1-2-8-3-4-10-9(6-8)7-13-11(10)14/h3-4,6H,1-2,5,7,12H2,(H,13,14). The second-order valence-electron chi connectivity index (χ2n) is 3.57. The maximum atomic E-state index is 11.3. The quantitative estimate of drug-likeness (QED) is 0.741. The smallest absolute Gasteiger partial charge is 0.251 e. The molecule has 0 saturated heterocycles. The molecule has 0 aliphatic carbocycles. The van der Waals surface area contributed by atoms with Gasteiger partial charge in [-0.15, -0.1) is 0 Å². The zero-order chi connectivity index (χ0) is 9.97. The van der Waals surface area contributed by atoms with Crippen LogP contribution in [0.1, 0.15) is 27.9 Å². The number of hydrogen-bond acceptors (Lipinski definition) is 2. The summed E-state index contributed by atoms with van der Waals surface area (Å²) in [5, 5.41) is 2.80. The van der Waals surface area contributed by atoms with Gasteiger partial charge < -0.3 is 11.1 Å². The fourth-order valence-corrected chi connectivity index (χ4v) is 1.75. The highest BCUT2D eigenvalue weighted by atomic mass is 16.1. The van der Waals surface area contributed by atoms with Gasteiger partial charge in [0, 0.05) is 12.1 Å². The fraction of sp³-hybridized carbons (Fsp3) is 0.364. The summed E-state index contributed by atoms with van der Waals surface area (Å²) < 4.78 is 0. The molecule has 1 aliphatic heterocycles. The highest BCUT2D eigenvalue weighted by Gasteiger charge is 2.17. The Hall–Kier alpha value is -1.35. The molecule has 0 bridgehead atoms. The summed E-state index contributed by atoms with van der Waals surface area (Å²) in [5.41, 5.74) is 8.65. The molecule has 0 fully saturated rings. The van der Waals surface area contributed by atoms with Crippen LogP contribution in [0, 0.1) is 0 Å². The van der Waals surface area contributed by atoms with E-state index in [0.29, 0.717) is 13.1 Å². The summed E-state index contributed by atoms with van der Waals surface area (Å²) >= 11 is 0. The lowest BCUT2D eigenvalue weighted by Gasteiger charge is -2.01. The Labute approximate surface area is 83.3 Å². The van der Waals surface area contributed by atoms with E-state index in [1.165, 1.54) is 5.56 Å². The zero-order valence-corrected chi connectivity index (χ0v) is 8.05. The van der Waals surface area contributed by atoms with Crippen molar-refractivity contribution in [2.75, 3.05) is 6.54 Å². The number of rotatable bonds is 3. The molecule has 0 radical (unpaired) electrons. The first-order valence-electron chi connectivity index (χ1n) is 4.91. The van der Waals surface area contributed by atoms with E-state index in [9.17, 15) is 4.79 Å². The van der Waals surface area contributed by atoms with E-state index in [1.54, 1.807) is 0 Å². The van der Waals surface area contributed by atoms with Crippen LogP contribution in [0.4, 0.5) is 0 Å². The highest BCUT2D eigenvalue weighted by Crippen LogP contribution is 2.17. The van der Waals surface area contributed by atoms with Gasteiger partial charge in [0.2, 0.25) is 0 Å². The number of carbonyl (C=O) groups excluding carboxylic acids is 1. The minimum atomic E-state index is 0.0466. The number of fused-ring (bicyclic) bond motifs is 1. The van der Waals surface area contributed by atoms with Crippen LogP contribution in [0.15, 0.2) is 18.2 Å². The van der Waals surface area contributed by atoms with Crippen molar-refractivity contribution in [1.82, 2.24) is 5.32 Å². The average molecular weight is 190 g/mol. The van der Waals surface area contributed by atoms with Crippen LogP contribution in [0.5, 0.6) is 0 Å². The summed E-state index contributed by atoms with van der Waals surface area (Å²) in [6.45, 7) is 1.39. The zero-order valence-electron chi connectivity index (χ0n) is 8.05. The van der Waals surface area contributed by atoms with Gasteiger partial charge in [-0.3, -0.25) is 4.79 Å². The van der Waals surface area contributed by atoms with E-state index in [4.69, 9.17) is 5.73 Å². The second kappa shape index (κ2) is 3.80. The lowest BCUT2D eigenvalue weighted by atomic mass is 10.0. The molecule has 2 rings (SSSR count). The molecular weight excluding hydrogens is 176 g/mol. The summed E-state index contributed by atoms with van der Waals surface area (Å²) in [6.07, 6.45) is 2.00. The Morgan fingerprint density at radius 3 is 3.07 bits per heavy atom. The molecule has 3 nitrogen and oxygen atoms in total. The topological polar surface area (TPSA) is 55.1 Å². The van der Waals surface area contributed by atoms with Crippen molar-refractivity contribution in [2.45, 2.75) is 19.4 Å². The fourth-order valence-electron chi connectivity index (χ4n) is 1.75. The molecule has 1 aromatic rings. The Kier molecular flexibility index (Phi) is 2.50. The van der Waals surface area contributed by atoms with Crippen LogP contribution >= 0.6 is 0 Å². The van der Waals surface area contributed by atoms with Crippen molar-refractivity contribution in [3.05, 3.63) is 34.9 Å². The van der Waals surface area contributed by atoms with Crippen LogP contribution < -0.4 is 11.1 Å². The van der Waals surface area contributed by atoms with Crippen molar-refractivity contribution in [3.63, 3.8) is 0 Å². The minimum absolute atomic E-state index is 0.0466. The molecule has 1 aromatic carbocycles. The van der Waals surface area contributed by atoms with Gasteiger partial charge in [0.25, 0.3) is 5.91 Å².